The number of aromatic nitrogens is 2. The van der Waals surface area contributed by atoms with Crippen molar-refractivity contribution in [3.8, 4) is 0 Å². The molecule has 0 saturated heterocycles. The van der Waals surface area contributed by atoms with Gasteiger partial charge in [-0.3, -0.25) is 9.36 Å². The fourth-order valence-corrected chi connectivity index (χ4v) is 3.95. The number of benzene rings is 1. The molecule has 0 N–H and O–H groups in total. The monoisotopic (exact) mass is 409 g/mol. The summed E-state index contributed by atoms with van der Waals surface area (Å²) in [6.07, 6.45) is -0.609. The molecule has 1 atom stereocenters. The molecule has 5 nitrogen and oxygen atoms in total. The van der Waals surface area contributed by atoms with E-state index in [2.05, 4.69) is 9.38 Å². The summed E-state index contributed by atoms with van der Waals surface area (Å²) in [5.41, 5.74) is 2.11. The Bertz CT molecular complexity index is 1020. The van der Waals surface area contributed by atoms with E-state index in [1.807, 2.05) is 33.8 Å². The van der Waals surface area contributed by atoms with Gasteiger partial charge in [-0.2, -0.15) is 0 Å². The van der Waals surface area contributed by atoms with Crippen LogP contribution in [0.3, 0.4) is 0 Å². The number of rotatable bonds is 3. The largest absolute Gasteiger partial charge is 0.591 e. The van der Waals surface area contributed by atoms with Crippen molar-refractivity contribution < 1.29 is 13.3 Å². The Morgan fingerprint density at radius 2 is 1.96 bits per heavy atom. The standard InChI is InChI=1S/C20H25F2N3O2S/c1-11-7-14(12(2)24-28(27)19(3,4)5)16-15(8-11)18(26)25(6)17(23-16)13-9-20(21,22)10-13/h7-8,13H,9-10H2,1-6H3. The van der Waals surface area contributed by atoms with E-state index in [1.54, 1.807) is 20.0 Å². The molecule has 1 aliphatic rings. The van der Waals surface area contributed by atoms with Gasteiger partial charge in [0.05, 0.1) is 16.6 Å². The van der Waals surface area contributed by atoms with Crippen LogP contribution in [0.15, 0.2) is 21.3 Å². The second kappa shape index (κ2) is 6.91. The third-order valence-electron chi connectivity index (χ3n) is 4.95. The average molecular weight is 410 g/mol. The van der Waals surface area contributed by atoms with Crippen LogP contribution in [0.5, 0.6) is 0 Å². The first-order chi connectivity index (χ1) is 12.8. The second-order valence-corrected chi connectivity index (χ2v) is 10.4. The fourth-order valence-electron chi connectivity index (χ4n) is 3.33. The van der Waals surface area contributed by atoms with Crippen LogP contribution in [0.2, 0.25) is 0 Å². The fraction of sp³-hybridized carbons (Fsp3) is 0.550. The van der Waals surface area contributed by atoms with E-state index in [4.69, 9.17) is 0 Å². The number of hydrogen-bond acceptors (Lipinski definition) is 4. The topological polar surface area (TPSA) is 70.3 Å². The zero-order valence-electron chi connectivity index (χ0n) is 17.0. The highest BCUT2D eigenvalue weighted by molar-refractivity contribution is 7.91. The molecule has 1 aromatic carbocycles. The zero-order chi connectivity index (χ0) is 21.0. The van der Waals surface area contributed by atoms with Gasteiger partial charge in [-0.15, -0.1) is 0 Å². The molecule has 1 aromatic heterocycles. The predicted octanol–water partition coefficient (Wildman–Crippen LogP) is 4.03. The lowest BCUT2D eigenvalue weighted by molar-refractivity contribution is -0.0891. The summed E-state index contributed by atoms with van der Waals surface area (Å²) in [7, 11) is 1.57. The summed E-state index contributed by atoms with van der Waals surface area (Å²) in [6.45, 7) is 9.08. The minimum absolute atomic E-state index is 0.273. The van der Waals surface area contributed by atoms with E-state index in [1.165, 1.54) is 4.57 Å². The number of alkyl halides is 2. The maximum Gasteiger partial charge on any atom is 0.261 e. The Kier molecular flexibility index (Phi) is 5.17. The SMILES string of the molecule is CC(=N[S+]([O-])C(C)(C)C)c1cc(C)cc2c(=O)n(C)c(C3CC(F)(F)C3)nc12. The van der Waals surface area contributed by atoms with Crippen molar-refractivity contribution in [3.63, 3.8) is 0 Å². The van der Waals surface area contributed by atoms with Crippen LogP contribution in [-0.4, -0.2) is 30.5 Å². The summed E-state index contributed by atoms with van der Waals surface area (Å²) in [5.74, 6) is -2.79. The normalized spacial score (nSPS) is 19.0. The van der Waals surface area contributed by atoms with Gasteiger partial charge >= 0.3 is 0 Å². The Morgan fingerprint density at radius 1 is 1.36 bits per heavy atom. The first-order valence-electron chi connectivity index (χ1n) is 9.17. The molecule has 1 fully saturated rings. The van der Waals surface area contributed by atoms with Crippen molar-refractivity contribution in [3.05, 3.63) is 39.4 Å². The van der Waals surface area contributed by atoms with Crippen molar-refractivity contribution >= 4 is 28.0 Å². The van der Waals surface area contributed by atoms with Gasteiger partial charge in [0.25, 0.3) is 5.56 Å². The molecule has 1 saturated carbocycles. The van der Waals surface area contributed by atoms with Gasteiger partial charge in [-0.1, -0.05) is 4.40 Å². The summed E-state index contributed by atoms with van der Waals surface area (Å²) < 4.78 is 44.3. The van der Waals surface area contributed by atoms with Crippen LogP contribution in [0.25, 0.3) is 10.9 Å². The lowest BCUT2D eigenvalue weighted by Gasteiger charge is -2.35. The molecule has 28 heavy (non-hydrogen) atoms. The molecule has 0 aliphatic heterocycles. The molecule has 1 unspecified atom stereocenters. The summed E-state index contributed by atoms with van der Waals surface area (Å²) in [4.78, 5) is 17.5. The van der Waals surface area contributed by atoms with E-state index >= 15 is 0 Å². The Labute approximate surface area is 166 Å². The smallest absolute Gasteiger partial charge is 0.261 e. The number of aryl methyl sites for hydroxylation is 1. The second-order valence-electron chi connectivity index (χ2n) is 8.54. The van der Waals surface area contributed by atoms with Gasteiger partial charge in [0.15, 0.2) is 0 Å². The highest BCUT2D eigenvalue weighted by Gasteiger charge is 2.47. The van der Waals surface area contributed by atoms with E-state index in [-0.39, 0.29) is 18.4 Å². The van der Waals surface area contributed by atoms with Gasteiger partial charge in [0, 0.05) is 31.4 Å². The van der Waals surface area contributed by atoms with Crippen LogP contribution < -0.4 is 5.56 Å². The molecule has 152 valence electrons. The van der Waals surface area contributed by atoms with Gasteiger partial charge in [0.2, 0.25) is 5.92 Å². The molecule has 0 bridgehead atoms. The predicted molar refractivity (Wildman–Crippen MR) is 109 cm³/mol. The molecular formula is C20H25F2N3O2S. The van der Waals surface area contributed by atoms with E-state index in [0.717, 1.165) is 5.56 Å². The molecule has 3 rings (SSSR count). The van der Waals surface area contributed by atoms with Crippen molar-refractivity contribution in [2.24, 2.45) is 11.4 Å². The summed E-state index contributed by atoms with van der Waals surface area (Å²) >= 11 is -1.46. The number of halogens is 2. The first kappa shape index (κ1) is 20.9. The average Bonchev–Trinajstić information content (AvgIpc) is 2.54. The van der Waals surface area contributed by atoms with E-state index in [9.17, 15) is 18.1 Å². The Balaban J connectivity index is 2.19. The molecular weight excluding hydrogens is 384 g/mol. The van der Waals surface area contributed by atoms with Crippen molar-refractivity contribution in [2.45, 2.75) is 64.0 Å². The van der Waals surface area contributed by atoms with Crippen molar-refractivity contribution in [1.29, 1.82) is 0 Å². The van der Waals surface area contributed by atoms with Gasteiger partial charge < -0.3 is 4.55 Å². The lowest BCUT2D eigenvalue weighted by atomic mass is 9.80. The Morgan fingerprint density at radius 3 is 2.50 bits per heavy atom. The van der Waals surface area contributed by atoms with Crippen LogP contribution in [0.1, 0.15) is 63.4 Å². The van der Waals surface area contributed by atoms with Crippen LogP contribution >= 0.6 is 0 Å². The van der Waals surface area contributed by atoms with Gasteiger partial charge in [-0.25, -0.2) is 13.8 Å². The third-order valence-corrected chi connectivity index (χ3v) is 6.44. The van der Waals surface area contributed by atoms with Crippen molar-refractivity contribution in [2.75, 3.05) is 0 Å². The number of fused-ring (bicyclic) bond motifs is 1. The van der Waals surface area contributed by atoms with Crippen LogP contribution in [-0.2, 0) is 18.4 Å². The van der Waals surface area contributed by atoms with E-state index < -0.39 is 27.9 Å². The molecule has 1 aliphatic carbocycles. The van der Waals surface area contributed by atoms with Gasteiger partial charge in [0.1, 0.15) is 21.9 Å². The third kappa shape index (κ3) is 3.85. The van der Waals surface area contributed by atoms with Gasteiger partial charge in [-0.05, 0) is 52.3 Å². The maximum absolute atomic E-state index is 13.4. The molecule has 1 heterocycles. The quantitative estimate of drug-likeness (QED) is 0.568. The summed E-state index contributed by atoms with van der Waals surface area (Å²) in [5, 5.41) is 0.406. The molecule has 0 radical (unpaired) electrons. The maximum atomic E-state index is 13.4. The minimum atomic E-state index is -2.70. The van der Waals surface area contributed by atoms with Crippen LogP contribution in [0, 0.1) is 6.92 Å². The zero-order valence-corrected chi connectivity index (χ0v) is 17.8. The highest BCUT2D eigenvalue weighted by atomic mass is 32.2. The minimum Gasteiger partial charge on any atom is -0.591 e. The molecule has 2 aromatic rings. The molecule has 0 spiro atoms. The first-order valence-corrected chi connectivity index (χ1v) is 10.3. The van der Waals surface area contributed by atoms with Crippen molar-refractivity contribution in [1.82, 2.24) is 9.55 Å². The highest BCUT2D eigenvalue weighted by Crippen LogP contribution is 2.47. The molecule has 0 amide bonds. The Hall–Kier alpha value is -1.80. The number of nitrogens with zero attached hydrogens (tertiary/aromatic N) is 3. The molecule has 8 heteroatoms. The lowest BCUT2D eigenvalue weighted by Crippen LogP contribution is -2.37. The van der Waals surface area contributed by atoms with Crippen LogP contribution in [0.4, 0.5) is 8.78 Å². The summed E-state index contributed by atoms with van der Waals surface area (Å²) in [6, 6.07) is 3.58. The van der Waals surface area contributed by atoms with E-state index in [0.29, 0.717) is 28.0 Å². The number of hydrogen-bond donors (Lipinski definition) is 0.